The van der Waals surface area contributed by atoms with Gasteiger partial charge in [0.25, 0.3) is 0 Å². The highest BCUT2D eigenvalue weighted by molar-refractivity contribution is 6.08. The molecule has 2 aromatic rings. The lowest BCUT2D eigenvalue weighted by Gasteiger charge is -2.11. The van der Waals surface area contributed by atoms with E-state index in [0.29, 0.717) is 22.7 Å². The number of hydrogen-bond acceptors (Lipinski definition) is 4. The van der Waals surface area contributed by atoms with Gasteiger partial charge < -0.3 is 15.4 Å². The minimum atomic E-state index is -0.468. The Morgan fingerprint density at radius 1 is 1.00 bits per heavy atom. The second-order valence-electron chi connectivity index (χ2n) is 5.61. The summed E-state index contributed by atoms with van der Waals surface area (Å²) in [5, 5.41) is 5.28. The number of ketones is 1. The zero-order valence-electron chi connectivity index (χ0n) is 14.4. The molecule has 0 bridgehead atoms. The zero-order valence-corrected chi connectivity index (χ0v) is 14.4. The fourth-order valence-corrected chi connectivity index (χ4v) is 2.28. The largest absolute Gasteiger partial charge is 0.495 e. The molecule has 0 aliphatic heterocycles. The van der Waals surface area contributed by atoms with Crippen LogP contribution in [0.15, 0.2) is 42.5 Å². The molecule has 130 valence electrons. The monoisotopic (exact) mass is 340 g/mol. The molecule has 6 nitrogen and oxygen atoms in total. The standard InChI is InChI=1S/C19H20N2O4/c1-12-7-8-17(25-3)16(9-12)21-19(24)11-18(23)20-15-6-4-5-14(10-15)13(2)22/h4-10H,11H2,1-3H3,(H,20,23)(H,21,24). The van der Waals surface area contributed by atoms with E-state index in [9.17, 15) is 14.4 Å². The molecule has 0 fully saturated rings. The van der Waals surface area contributed by atoms with Gasteiger partial charge in [0, 0.05) is 11.3 Å². The minimum Gasteiger partial charge on any atom is -0.495 e. The lowest BCUT2D eigenvalue weighted by Crippen LogP contribution is -2.21. The van der Waals surface area contributed by atoms with E-state index >= 15 is 0 Å². The maximum atomic E-state index is 12.1. The number of methoxy groups -OCH3 is 1. The number of carbonyl (C=O) groups is 3. The molecule has 0 aliphatic rings. The smallest absolute Gasteiger partial charge is 0.233 e. The van der Waals surface area contributed by atoms with Crippen LogP contribution in [-0.2, 0) is 9.59 Å². The van der Waals surface area contributed by atoms with Crippen LogP contribution in [0.3, 0.4) is 0 Å². The van der Waals surface area contributed by atoms with Crippen LogP contribution in [0.5, 0.6) is 5.75 Å². The van der Waals surface area contributed by atoms with Gasteiger partial charge in [0.15, 0.2) is 5.78 Å². The Hall–Kier alpha value is -3.15. The van der Waals surface area contributed by atoms with Gasteiger partial charge in [-0.3, -0.25) is 14.4 Å². The van der Waals surface area contributed by atoms with E-state index in [0.717, 1.165) is 5.56 Å². The molecule has 25 heavy (non-hydrogen) atoms. The van der Waals surface area contributed by atoms with Crippen LogP contribution in [0.4, 0.5) is 11.4 Å². The topological polar surface area (TPSA) is 84.5 Å². The van der Waals surface area contributed by atoms with Crippen LogP contribution in [0.25, 0.3) is 0 Å². The number of aryl methyl sites for hydroxylation is 1. The Morgan fingerprint density at radius 3 is 2.40 bits per heavy atom. The third kappa shape index (κ3) is 5.17. The highest BCUT2D eigenvalue weighted by Crippen LogP contribution is 2.25. The van der Waals surface area contributed by atoms with Gasteiger partial charge in [-0.15, -0.1) is 0 Å². The van der Waals surface area contributed by atoms with Gasteiger partial charge in [-0.1, -0.05) is 18.2 Å². The number of ether oxygens (including phenoxy) is 1. The Bertz CT molecular complexity index is 815. The van der Waals surface area contributed by atoms with Crippen molar-refractivity contribution in [2.75, 3.05) is 17.7 Å². The van der Waals surface area contributed by atoms with Crippen molar-refractivity contribution in [3.63, 3.8) is 0 Å². The van der Waals surface area contributed by atoms with Crippen molar-refractivity contribution in [2.24, 2.45) is 0 Å². The molecular formula is C19H20N2O4. The molecule has 0 unspecified atom stereocenters. The van der Waals surface area contributed by atoms with Crippen molar-refractivity contribution in [2.45, 2.75) is 20.3 Å². The fraction of sp³-hybridized carbons (Fsp3) is 0.211. The zero-order chi connectivity index (χ0) is 18.4. The predicted molar refractivity (Wildman–Crippen MR) is 96.1 cm³/mol. The maximum Gasteiger partial charge on any atom is 0.233 e. The number of hydrogen-bond donors (Lipinski definition) is 2. The normalized spacial score (nSPS) is 10.0. The van der Waals surface area contributed by atoms with Crippen LogP contribution in [0, 0.1) is 6.92 Å². The summed E-state index contributed by atoms with van der Waals surface area (Å²) in [5.41, 5.74) is 2.44. The summed E-state index contributed by atoms with van der Waals surface area (Å²) in [7, 11) is 1.51. The molecule has 2 amide bonds. The number of benzene rings is 2. The van der Waals surface area contributed by atoms with Gasteiger partial charge in [0.1, 0.15) is 12.2 Å². The number of anilines is 2. The van der Waals surface area contributed by atoms with Gasteiger partial charge in [-0.2, -0.15) is 0 Å². The molecule has 2 rings (SSSR count). The van der Waals surface area contributed by atoms with E-state index in [1.54, 1.807) is 36.4 Å². The fourth-order valence-electron chi connectivity index (χ4n) is 2.28. The molecule has 0 spiro atoms. The molecule has 0 aliphatic carbocycles. The summed E-state index contributed by atoms with van der Waals surface area (Å²) < 4.78 is 5.19. The molecule has 0 atom stereocenters. The molecule has 6 heteroatoms. The summed E-state index contributed by atoms with van der Waals surface area (Å²) in [6.45, 7) is 3.34. The predicted octanol–water partition coefficient (Wildman–Crippen LogP) is 3.17. The number of Topliss-reactive ketones (excluding diaryl/α,β-unsaturated/α-hetero) is 1. The summed E-state index contributed by atoms with van der Waals surface area (Å²) in [6, 6.07) is 11.9. The first-order valence-electron chi connectivity index (χ1n) is 7.74. The average molecular weight is 340 g/mol. The van der Waals surface area contributed by atoms with Gasteiger partial charge in [-0.05, 0) is 43.7 Å². The third-order valence-electron chi connectivity index (χ3n) is 3.50. The second kappa shape index (κ2) is 8.10. The number of carbonyl (C=O) groups excluding carboxylic acids is 3. The lowest BCUT2D eigenvalue weighted by atomic mass is 10.1. The number of amides is 2. The lowest BCUT2D eigenvalue weighted by molar-refractivity contribution is -0.123. The molecule has 0 saturated heterocycles. The Labute approximate surface area is 146 Å². The number of nitrogens with one attached hydrogen (secondary N) is 2. The van der Waals surface area contributed by atoms with Crippen molar-refractivity contribution in [3.8, 4) is 5.75 Å². The van der Waals surface area contributed by atoms with E-state index in [4.69, 9.17) is 4.74 Å². The first-order valence-corrected chi connectivity index (χ1v) is 7.74. The molecule has 0 radical (unpaired) electrons. The van der Waals surface area contributed by atoms with Gasteiger partial charge >= 0.3 is 0 Å². The Kier molecular flexibility index (Phi) is 5.89. The van der Waals surface area contributed by atoms with Crippen molar-refractivity contribution >= 4 is 29.0 Å². The first kappa shape index (κ1) is 18.2. The van der Waals surface area contributed by atoms with E-state index in [1.807, 2.05) is 13.0 Å². The van der Waals surface area contributed by atoms with E-state index in [2.05, 4.69) is 10.6 Å². The second-order valence-corrected chi connectivity index (χ2v) is 5.61. The number of rotatable bonds is 6. The van der Waals surface area contributed by atoms with Crippen LogP contribution >= 0.6 is 0 Å². The highest BCUT2D eigenvalue weighted by atomic mass is 16.5. The van der Waals surface area contributed by atoms with Gasteiger partial charge in [0.05, 0.1) is 12.8 Å². The SMILES string of the molecule is COc1ccc(C)cc1NC(=O)CC(=O)Nc1cccc(C(C)=O)c1. The minimum absolute atomic E-state index is 0.0969. The van der Waals surface area contributed by atoms with Crippen molar-refractivity contribution in [1.82, 2.24) is 0 Å². The van der Waals surface area contributed by atoms with Crippen LogP contribution in [0.2, 0.25) is 0 Å². The van der Waals surface area contributed by atoms with Crippen molar-refractivity contribution < 1.29 is 19.1 Å². The Morgan fingerprint density at radius 2 is 1.72 bits per heavy atom. The van der Waals surface area contributed by atoms with E-state index < -0.39 is 11.8 Å². The van der Waals surface area contributed by atoms with Crippen LogP contribution in [0.1, 0.15) is 29.3 Å². The van der Waals surface area contributed by atoms with Crippen molar-refractivity contribution in [3.05, 3.63) is 53.6 Å². The maximum absolute atomic E-state index is 12.1. The molecule has 2 N–H and O–H groups in total. The quantitative estimate of drug-likeness (QED) is 0.625. The molecular weight excluding hydrogens is 320 g/mol. The average Bonchev–Trinajstić information content (AvgIpc) is 2.55. The molecule has 0 saturated carbocycles. The summed E-state index contributed by atoms with van der Waals surface area (Å²) in [4.78, 5) is 35.5. The molecule has 0 aromatic heterocycles. The first-order chi connectivity index (χ1) is 11.9. The van der Waals surface area contributed by atoms with Gasteiger partial charge in [0.2, 0.25) is 11.8 Å². The molecule has 0 heterocycles. The van der Waals surface area contributed by atoms with E-state index in [-0.39, 0.29) is 12.2 Å². The third-order valence-corrected chi connectivity index (χ3v) is 3.50. The molecule has 2 aromatic carbocycles. The van der Waals surface area contributed by atoms with Crippen LogP contribution < -0.4 is 15.4 Å². The van der Waals surface area contributed by atoms with Crippen molar-refractivity contribution in [1.29, 1.82) is 0 Å². The summed E-state index contributed by atoms with van der Waals surface area (Å²) >= 11 is 0. The van der Waals surface area contributed by atoms with Gasteiger partial charge in [-0.25, -0.2) is 0 Å². The summed E-state index contributed by atoms with van der Waals surface area (Å²) in [5.74, 6) is -0.497. The van der Waals surface area contributed by atoms with Crippen LogP contribution in [-0.4, -0.2) is 24.7 Å². The van der Waals surface area contributed by atoms with E-state index in [1.165, 1.54) is 14.0 Å². The highest BCUT2D eigenvalue weighted by Gasteiger charge is 2.13. The summed E-state index contributed by atoms with van der Waals surface area (Å²) in [6.07, 6.45) is -0.346. The Balaban J connectivity index is 1.99.